The van der Waals surface area contributed by atoms with Gasteiger partial charge in [0.1, 0.15) is 0 Å². The van der Waals surface area contributed by atoms with Crippen molar-refractivity contribution < 1.29 is 9.84 Å². The Balaban J connectivity index is 1.62. The van der Waals surface area contributed by atoms with Gasteiger partial charge in [-0.15, -0.1) is 0 Å². The van der Waals surface area contributed by atoms with Crippen LogP contribution in [0.1, 0.15) is 65.2 Å². The highest BCUT2D eigenvalue weighted by atomic mass is 16.5. The van der Waals surface area contributed by atoms with Gasteiger partial charge in [-0.1, -0.05) is 13.8 Å². The van der Waals surface area contributed by atoms with Crippen LogP contribution in [0.15, 0.2) is 0 Å². The zero-order chi connectivity index (χ0) is 17.1. The zero-order valence-electron chi connectivity index (χ0n) is 15.5. The topological polar surface area (TPSA) is 53.2 Å². The van der Waals surface area contributed by atoms with E-state index in [0.29, 0.717) is 11.3 Å². The maximum Gasteiger partial charge on any atom is 0.0835 e. The second kappa shape index (κ2) is 5.71. The molecule has 4 fully saturated rings. The van der Waals surface area contributed by atoms with Gasteiger partial charge in [0.2, 0.25) is 0 Å². The van der Waals surface area contributed by atoms with Crippen molar-refractivity contribution in [2.75, 3.05) is 7.11 Å². The van der Waals surface area contributed by atoms with Gasteiger partial charge in [-0.05, 0) is 85.9 Å². The third-order valence-electron chi connectivity index (χ3n) is 9.12. The highest BCUT2D eigenvalue weighted by Gasteiger charge is 2.61. The van der Waals surface area contributed by atoms with E-state index >= 15 is 0 Å². The van der Waals surface area contributed by atoms with Gasteiger partial charge in [-0.25, -0.2) is 0 Å². The van der Waals surface area contributed by atoms with Gasteiger partial charge < -0.3 is 9.84 Å². The Morgan fingerprint density at radius 2 is 1.79 bits per heavy atom. The molecular formula is C21H33NO2. The lowest BCUT2D eigenvalue weighted by Gasteiger charge is -2.61. The molecule has 134 valence electrons. The third kappa shape index (κ3) is 2.15. The standard InChI is InChI=1S/C21H33NO2/c1-20-9-8-17-15(16(20)7-5-14(20)12-22)6-4-13-10-18(23)19(24-3)11-21(13,17)2/h13-19,23H,4-11H2,1-3H3/t13-,14-,15-,16-,17-,18-,19-,20+,21-/m0/s1. The summed E-state index contributed by atoms with van der Waals surface area (Å²) in [6, 6.07) is 2.63. The summed E-state index contributed by atoms with van der Waals surface area (Å²) >= 11 is 0. The minimum Gasteiger partial charge on any atom is -0.390 e. The van der Waals surface area contributed by atoms with Crippen LogP contribution in [0, 0.1) is 51.8 Å². The number of aliphatic hydroxyl groups is 1. The Morgan fingerprint density at radius 3 is 2.50 bits per heavy atom. The van der Waals surface area contributed by atoms with Gasteiger partial charge in [0.25, 0.3) is 0 Å². The monoisotopic (exact) mass is 331 g/mol. The quantitative estimate of drug-likeness (QED) is 0.785. The largest absolute Gasteiger partial charge is 0.390 e. The lowest BCUT2D eigenvalue weighted by Crippen LogP contribution is -2.56. The second-order valence-corrected chi connectivity index (χ2v) is 9.74. The molecule has 24 heavy (non-hydrogen) atoms. The predicted molar refractivity (Wildman–Crippen MR) is 93.0 cm³/mol. The van der Waals surface area contributed by atoms with Crippen molar-refractivity contribution in [3.8, 4) is 6.07 Å². The first kappa shape index (κ1) is 16.9. The average molecular weight is 332 g/mol. The second-order valence-electron chi connectivity index (χ2n) is 9.74. The van der Waals surface area contributed by atoms with Crippen molar-refractivity contribution in [2.45, 2.75) is 77.4 Å². The summed E-state index contributed by atoms with van der Waals surface area (Å²) in [5, 5.41) is 20.0. The number of nitrogens with zero attached hydrogens (tertiary/aromatic N) is 1. The fraction of sp³-hybridized carbons (Fsp3) is 0.952. The molecule has 0 unspecified atom stereocenters. The first-order valence-corrected chi connectivity index (χ1v) is 10.0. The number of fused-ring (bicyclic) bond motifs is 5. The Labute approximate surface area is 146 Å². The lowest BCUT2D eigenvalue weighted by molar-refractivity contribution is -0.164. The fourth-order valence-corrected chi connectivity index (χ4v) is 7.71. The van der Waals surface area contributed by atoms with Gasteiger partial charge in [0.05, 0.1) is 24.2 Å². The summed E-state index contributed by atoms with van der Waals surface area (Å²) in [7, 11) is 1.75. The van der Waals surface area contributed by atoms with Crippen LogP contribution in [0.5, 0.6) is 0 Å². The van der Waals surface area contributed by atoms with E-state index in [2.05, 4.69) is 19.9 Å². The summed E-state index contributed by atoms with van der Waals surface area (Å²) in [5.41, 5.74) is 0.572. The van der Waals surface area contributed by atoms with Gasteiger partial charge in [-0.2, -0.15) is 5.26 Å². The minimum atomic E-state index is -0.284. The molecule has 4 rings (SSSR count). The average Bonchev–Trinajstić information content (AvgIpc) is 2.91. The molecule has 0 spiro atoms. The van der Waals surface area contributed by atoms with Crippen LogP contribution < -0.4 is 0 Å². The highest BCUT2D eigenvalue weighted by Crippen LogP contribution is 2.67. The molecule has 4 saturated carbocycles. The van der Waals surface area contributed by atoms with Crippen LogP contribution in [0.2, 0.25) is 0 Å². The molecule has 0 aromatic rings. The predicted octanol–water partition coefficient (Wildman–Crippen LogP) is 4.15. The summed E-state index contributed by atoms with van der Waals surface area (Å²) in [5.74, 6) is 3.21. The number of methoxy groups -OCH3 is 1. The normalized spacial score (nSPS) is 56.7. The van der Waals surface area contributed by atoms with Crippen molar-refractivity contribution in [1.82, 2.24) is 0 Å². The van der Waals surface area contributed by atoms with Crippen molar-refractivity contribution in [1.29, 1.82) is 5.26 Å². The van der Waals surface area contributed by atoms with Gasteiger partial charge in [0, 0.05) is 7.11 Å². The van der Waals surface area contributed by atoms with Crippen molar-refractivity contribution in [2.24, 2.45) is 40.4 Å². The van der Waals surface area contributed by atoms with Crippen LogP contribution >= 0.6 is 0 Å². The Hall–Kier alpha value is -0.590. The van der Waals surface area contributed by atoms with Crippen molar-refractivity contribution in [3.63, 3.8) is 0 Å². The van der Waals surface area contributed by atoms with E-state index in [1.54, 1.807) is 7.11 Å². The Kier molecular flexibility index (Phi) is 4.01. The molecule has 0 aromatic heterocycles. The number of ether oxygens (including phenoxy) is 1. The van der Waals surface area contributed by atoms with Crippen molar-refractivity contribution in [3.05, 3.63) is 0 Å². The van der Waals surface area contributed by atoms with E-state index in [1.807, 2.05) is 0 Å². The van der Waals surface area contributed by atoms with Crippen molar-refractivity contribution >= 4 is 0 Å². The maximum absolute atomic E-state index is 10.4. The molecule has 3 nitrogen and oxygen atoms in total. The number of hydrogen-bond donors (Lipinski definition) is 1. The van der Waals surface area contributed by atoms with Crippen LogP contribution in [-0.2, 0) is 4.74 Å². The molecule has 4 aliphatic rings. The molecule has 0 radical (unpaired) electrons. The molecule has 0 aromatic carbocycles. The maximum atomic E-state index is 10.4. The lowest BCUT2D eigenvalue weighted by atomic mass is 9.44. The molecule has 1 N–H and O–H groups in total. The minimum absolute atomic E-state index is 0.00810. The van der Waals surface area contributed by atoms with E-state index in [4.69, 9.17) is 4.74 Å². The van der Waals surface area contributed by atoms with Gasteiger partial charge in [0.15, 0.2) is 0 Å². The zero-order valence-corrected chi connectivity index (χ0v) is 15.5. The summed E-state index contributed by atoms with van der Waals surface area (Å²) in [6.07, 6.45) is 9.09. The smallest absolute Gasteiger partial charge is 0.0835 e. The van der Waals surface area contributed by atoms with Crippen LogP contribution in [-0.4, -0.2) is 24.4 Å². The fourth-order valence-electron chi connectivity index (χ4n) is 7.71. The molecule has 4 aliphatic carbocycles. The van der Waals surface area contributed by atoms with E-state index < -0.39 is 0 Å². The SMILES string of the molecule is CO[C@H]1C[C@@]2(C)[C@@H](CC[C@@H]3[C@@H]2CC[C@]2(C)[C@H](C#N)CC[C@@H]32)C[C@@H]1O. The number of aliphatic hydroxyl groups excluding tert-OH is 1. The van der Waals surface area contributed by atoms with E-state index in [0.717, 1.165) is 37.0 Å². The Morgan fingerprint density at radius 1 is 1.04 bits per heavy atom. The van der Waals surface area contributed by atoms with Crippen LogP contribution in [0.3, 0.4) is 0 Å². The number of rotatable bonds is 1. The van der Waals surface area contributed by atoms with Gasteiger partial charge in [-0.3, -0.25) is 0 Å². The molecule has 3 heteroatoms. The summed E-state index contributed by atoms with van der Waals surface area (Å²) < 4.78 is 5.65. The summed E-state index contributed by atoms with van der Waals surface area (Å²) in [4.78, 5) is 0. The molecule has 0 amide bonds. The Bertz CT molecular complexity index is 542. The molecular weight excluding hydrogens is 298 g/mol. The molecule has 0 saturated heterocycles. The molecule has 0 heterocycles. The van der Waals surface area contributed by atoms with Gasteiger partial charge >= 0.3 is 0 Å². The molecule has 9 atom stereocenters. The number of hydrogen-bond acceptors (Lipinski definition) is 3. The van der Waals surface area contributed by atoms with E-state index in [1.165, 1.54) is 32.1 Å². The first-order chi connectivity index (χ1) is 11.4. The van der Waals surface area contributed by atoms with Crippen LogP contribution in [0.4, 0.5) is 0 Å². The van der Waals surface area contributed by atoms with E-state index in [-0.39, 0.29) is 23.5 Å². The molecule has 0 aliphatic heterocycles. The number of nitriles is 1. The first-order valence-electron chi connectivity index (χ1n) is 10.0. The van der Waals surface area contributed by atoms with E-state index in [9.17, 15) is 10.4 Å². The molecule has 0 bridgehead atoms. The summed E-state index contributed by atoms with van der Waals surface area (Å²) in [6.45, 7) is 4.90. The third-order valence-corrected chi connectivity index (χ3v) is 9.12. The van der Waals surface area contributed by atoms with Crippen LogP contribution in [0.25, 0.3) is 0 Å². The highest BCUT2D eigenvalue weighted by molar-refractivity contribution is 5.13.